The van der Waals surface area contributed by atoms with E-state index in [0.717, 1.165) is 54.7 Å². The summed E-state index contributed by atoms with van der Waals surface area (Å²) in [6.45, 7) is 11.1. The number of ether oxygens (including phenoxy) is 1. The van der Waals surface area contributed by atoms with Gasteiger partial charge in [0.2, 0.25) is 5.91 Å². The van der Waals surface area contributed by atoms with Crippen molar-refractivity contribution in [2.24, 2.45) is 0 Å². The van der Waals surface area contributed by atoms with E-state index in [-0.39, 0.29) is 11.4 Å². The summed E-state index contributed by atoms with van der Waals surface area (Å²) in [5, 5.41) is 6.24. The second-order valence-electron chi connectivity index (χ2n) is 8.18. The molecule has 1 aromatic heterocycles. The molecule has 1 aliphatic heterocycles. The van der Waals surface area contributed by atoms with E-state index < -0.39 is 0 Å². The molecule has 0 bridgehead atoms. The number of piperazine rings is 1. The van der Waals surface area contributed by atoms with Gasteiger partial charge in [0.25, 0.3) is 0 Å². The Labute approximate surface area is 171 Å². The van der Waals surface area contributed by atoms with Crippen molar-refractivity contribution in [3.8, 4) is 17.0 Å². The molecule has 3 rings (SSSR count). The fraction of sp³-hybridized carbons (Fsp3) is 0.524. The minimum atomic E-state index is -0.178. The average Bonchev–Trinajstić information content (AvgIpc) is 3.10. The largest absolute Gasteiger partial charge is 0.496 e. The van der Waals surface area contributed by atoms with E-state index in [0.29, 0.717) is 6.54 Å². The summed E-state index contributed by atoms with van der Waals surface area (Å²) in [5.74, 6) is 0.948. The van der Waals surface area contributed by atoms with Crippen LogP contribution in [0.4, 0.5) is 0 Å². The smallest absolute Gasteiger partial charge is 0.234 e. The zero-order valence-corrected chi connectivity index (χ0v) is 18.0. The molecule has 2 aromatic rings. The van der Waals surface area contributed by atoms with Crippen LogP contribution in [0.1, 0.15) is 25.8 Å². The summed E-state index contributed by atoms with van der Waals surface area (Å²) in [6.07, 6.45) is 0. The molecular weight excluding hydrogens is 372 g/mol. The van der Waals surface area contributed by atoms with Crippen LogP contribution in [0.3, 0.4) is 0 Å². The molecule has 6 nitrogen and oxygen atoms in total. The first-order chi connectivity index (χ1) is 13.3. The highest BCUT2D eigenvalue weighted by atomic mass is 32.1. The average molecular weight is 403 g/mol. The molecule has 1 fully saturated rings. The number of nitrogens with zero attached hydrogens (tertiary/aromatic N) is 3. The molecule has 1 aliphatic rings. The number of para-hydroxylation sites is 1. The fourth-order valence-electron chi connectivity index (χ4n) is 3.32. The third kappa shape index (κ3) is 5.77. The first-order valence-electron chi connectivity index (χ1n) is 9.67. The van der Waals surface area contributed by atoms with Crippen LogP contribution >= 0.6 is 11.3 Å². The van der Waals surface area contributed by atoms with Gasteiger partial charge in [-0.25, -0.2) is 4.98 Å². The molecule has 1 aromatic carbocycles. The first-order valence-corrected chi connectivity index (χ1v) is 10.6. The highest BCUT2D eigenvalue weighted by molar-refractivity contribution is 7.09. The molecule has 0 unspecified atom stereocenters. The minimum absolute atomic E-state index is 0.0994. The predicted molar refractivity (Wildman–Crippen MR) is 114 cm³/mol. The molecular formula is C21H30N4O2S. The molecule has 0 radical (unpaired) electrons. The van der Waals surface area contributed by atoms with Crippen LogP contribution in [0.5, 0.6) is 5.75 Å². The fourth-order valence-corrected chi connectivity index (χ4v) is 4.16. The summed E-state index contributed by atoms with van der Waals surface area (Å²) < 4.78 is 5.45. The Morgan fingerprint density at radius 2 is 1.86 bits per heavy atom. The lowest BCUT2D eigenvalue weighted by atomic mass is 10.1. The lowest BCUT2D eigenvalue weighted by Gasteiger charge is -2.34. The SMILES string of the molecule is COc1ccccc1-c1csc(CN2CCN(CC(=O)NC(C)(C)C)CC2)n1. The van der Waals surface area contributed by atoms with Crippen molar-refractivity contribution < 1.29 is 9.53 Å². The Morgan fingerprint density at radius 3 is 2.54 bits per heavy atom. The molecule has 28 heavy (non-hydrogen) atoms. The highest BCUT2D eigenvalue weighted by Gasteiger charge is 2.22. The van der Waals surface area contributed by atoms with Gasteiger partial charge in [-0.3, -0.25) is 14.6 Å². The molecule has 0 aliphatic carbocycles. The third-order valence-electron chi connectivity index (χ3n) is 4.64. The lowest BCUT2D eigenvalue weighted by Crippen LogP contribution is -2.51. The standard InChI is InChI=1S/C21H30N4O2S/c1-21(2,3)23-19(26)13-24-9-11-25(12-10-24)14-20-22-17(15-28-20)16-7-5-6-8-18(16)27-4/h5-8,15H,9-14H2,1-4H3,(H,23,26). The van der Waals surface area contributed by atoms with Crippen LogP contribution in [-0.4, -0.2) is 66.1 Å². The highest BCUT2D eigenvalue weighted by Crippen LogP contribution is 2.30. The number of methoxy groups -OCH3 is 1. The number of aromatic nitrogens is 1. The van der Waals surface area contributed by atoms with Crippen molar-refractivity contribution in [1.82, 2.24) is 20.1 Å². The van der Waals surface area contributed by atoms with E-state index in [4.69, 9.17) is 9.72 Å². The Morgan fingerprint density at radius 1 is 1.18 bits per heavy atom. The topological polar surface area (TPSA) is 57.7 Å². The number of carbonyl (C=O) groups is 1. The Hall–Kier alpha value is -1.96. The maximum absolute atomic E-state index is 12.1. The number of thiazole rings is 1. The van der Waals surface area contributed by atoms with Crippen LogP contribution in [0.2, 0.25) is 0 Å². The molecule has 1 amide bonds. The number of carbonyl (C=O) groups excluding carboxylic acids is 1. The van der Waals surface area contributed by atoms with Gasteiger partial charge in [0.1, 0.15) is 10.8 Å². The van der Waals surface area contributed by atoms with E-state index in [9.17, 15) is 4.79 Å². The van der Waals surface area contributed by atoms with E-state index >= 15 is 0 Å². The minimum Gasteiger partial charge on any atom is -0.496 e. The Balaban J connectivity index is 1.50. The van der Waals surface area contributed by atoms with Gasteiger partial charge in [-0.15, -0.1) is 11.3 Å². The van der Waals surface area contributed by atoms with Crippen LogP contribution in [0.25, 0.3) is 11.3 Å². The second-order valence-corrected chi connectivity index (χ2v) is 9.12. The van der Waals surface area contributed by atoms with Crippen LogP contribution in [-0.2, 0) is 11.3 Å². The maximum atomic E-state index is 12.1. The summed E-state index contributed by atoms with van der Waals surface area (Å²) in [5.41, 5.74) is 1.82. The van der Waals surface area contributed by atoms with Crippen molar-refractivity contribution in [3.05, 3.63) is 34.7 Å². The quantitative estimate of drug-likeness (QED) is 0.805. The molecule has 1 saturated heterocycles. The van der Waals surface area contributed by atoms with Crippen molar-refractivity contribution in [1.29, 1.82) is 0 Å². The van der Waals surface area contributed by atoms with Crippen molar-refractivity contribution in [3.63, 3.8) is 0 Å². The third-order valence-corrected chi connectivity index (χ3v) is 5.47. The number of hydrogen-bond donors (Lipinski definition) is 1. The number of rotatable bonds is 6. The normalized spacial score (nSPS) is 16.1. The van der Waals surface area contributed by atoms with E-state index in [1.807, 2.05) is 45.0 Å². The molecule has 0 spiro atoms. The van der Waals surface area contributed by atoms with E-state index in [1.54, 1.807) is 18.4 Å². The zero-order chi connectivity index (χ0) is 20.1. The molecule has 1 N–H and O–H groups in total. The van der Waals surface area contributed by atoms with Gasteiger partial charge in [-0.2, -0.15) is 0 Å². The van der Waals surface area contributed by atoms with Gasteiger partial charge in [0.15, 0.2) is 0 Å². The number of benzene rings is 1. The van der Waals surface area contributed by atoms with Gasteiger partial charge >= 0.3 is 0 Å². The van der Waals surface area contributed by atoms with Gasteiger partial charge in [-0.1, -0.05) is 12.1 Å². The van der Waals surface area contributed by atoms with Gasteiger partial charge < -0.3 is 10.1 Å². The molecule has 0 saturated carbocycles. The predicted octanol–water partition coefficient (Wildman–Crippen LogP) is 2.85. The molecule has 2 heterocycles. The van der Waals surface area contributed by atoms with Gasteiger partial charge in [-0.05, 0) is 32.9 Å². The van der Waals surface area contributed by atoms with Crippen LogP contribution in [0, 0.1) is 0 Å². The number of hydrogen-bond acceptors (Lipinski definition) is 6. The molecule has 7 heteroatoms. The zero-order valence-electron chi connectivity index (χ0n) is 17.2. The molecule has 152 valence electrons. The number of nitrogens with one attached hydrogen (secondary N) is 1. The van der Waals surface area contributed by atoms with Crippen molar-refractivity contribution >= 4 is 17.2 Å². The molecule has 0 atom stereocenters. The monoisotopic (exact) mass is 402 g/mol. The Kier molecular flexibility index (Phi) is 6.69. The lowest BCUT2D eigenvalue weighted by molar-refractivity contribution is -0.124. The van der Waals surface area contributed by atoms with Crippen molar-refractivity contribution in [2.75, 3.05) is 39.8 Å². The summed E-state index contributed by atoms with van der Waals surface area (Å²) in [7, 11) is 1.69. The van der Waals surface area contributed by atoms with Crippen molar-refractivity contribution in [2.45, 2.75) is 32.9 Å². The first kappa shape index (κ1) is 20.8. The van der Waals surface area contributed by atoms with E-state index in [2.05, 4.69) is 20.5 Å². The summed E-state index contributed by atoms with van der Waals surface area (Å²) in [6, 6.07) is 7.98. The summed E-state index contributed by atoms with van der Waals surface area (Å²) in [4.78, 5) is 21.5. The Bertz CT molecular complexity index is 792. The number of amides is 1. The maximum Gasteiger partial charge on any atom is 0.234 e. The van der Waals surface area contributed by atoms with Gasteiger partial charge in [0.05, 0.1) is 25.9 Å². The van der Waals surface area contributed by atoms with E-state index in [1.165, 1.54) is 0 Å². The van der Waals surface area contributed by atoms with Crippen LogP contribution in [0.15, 0.2) is 29.6 Å². The second kappa shape index (κ2) is 9.03. The van der Waals surface area contributed by atoms with Gasteiger partial charge in [0, 0.05) is 42.7 Å². The van der Waals surface area contributed by atoms with Crippen LogP contribution < -0.4 is 10.1 Å². The summed E-state index contributed by atoms with van der Waals surface area (Å²) >= 11 is 1.69.